The van der Waals surface area contributed by atoms with Crippen LogP contribution in [0.15, 0.2) is 27.8 Å². The van der Waals surface area contributed by atoms with E-state index in [-0.39, 0.29) is 35.6 Å². The van der Waals surface area contributed by atoms with Crippen LogP contribution in [-0.4, -0.2) is 57.3 Å². The molecule has 2 unspecified atom stereocenters. The van der Waals surface area contributed by atoms with Gasteiger partial charge in [-0.25, -0.2) is 0 Å². The van der Waals surface area contributed by atoms with Gasteiger partial charge in [-0.1, -0.05) is 0 Å². The Balaban J connectivity index is 0.00000264. The lowest BCUT2D eigenvalue weighted by Gasteiger charge is -2.26. The summed E-state index contributed by atoms with van der Waals surface area (Å²) >= 11 is 0. The number of rotatable bonds is 6. The zero-order valence-corrected chi connectivity index (χ0v) is 16.8. The summed E-state index contributed by atoms with van der Waals surface area (Å²) in [6.07, 6.45) is 3.92. The molecule has 0 bridgehead atoms. The fourth-order valence-electron chi connectivity index (χ4n) is 2.68. The lowest BCUT2D eigenvalue weighted by Crippen LogP contribution is -2.47. The van der Waals surface area contributed by atoms with Crippen LogP contribution in [0.4, 0.5) is 0 Å². The summed E-state index contributed by atoms with van der Waals surface area (Å²) in [5.74, 6) is 1.73. The third-order valence-corrected chi connectivity index (χ3v) is 4.11. The van der Waals surface area contributed by atoms with Gasteiger partial charge in [0.25, 0.3) is 0 Å². The van der Waals surface area contributed by atoms with Crippen molar-refractivity contribution in [1.82, 2.24) is 15.5 Å². The van der Waals surface area contributed by atoms with E-state index in [0.717, 1.165) is 44.3 Å². The third kappa shape index (κ3) is 5.96. The lowest BCUT2D eigenvalue weighted by atomic mass is 10.0. The minimum atomic E-state index is -0.0837. The van der Waals surface area contributed by atoms with Crippen molar-refractivity contribution in [3.05, 3.63) is 24.2 Å². The fraction of sp³-hybridized carbons (Fsp3) is 0.688. The number of nitrogens with one attached hydrogen (secondary N) is 2. The van der Waals surface area contributed by atoms with Crippen molar-refractivity contribution in [3.8, 4) is 0 Å². The molecule has 2 heterocycles. The smallest absolute Gasteiger partial charge is 0.191 e. The number of aliphatic imine (C=N–C) groups is 1. The summed E-state index contributed by atoms with van der Waals surface area (Å²) in [6, 6.07) is 4.07. The van der Waals surface area contributed by atoms with Gasteiger partial charge in [0.15, 0.2) is 5.96 Å². The number of ether oxygens (including phenoxy) is 1. The van der Waals surface area contributed by atoms with Crippen LogP contribution < -0.4 is 10.6 Å². The number of hydrogen-bond acceptors (Lipinski definition) is 4. The Hall–Kier alpha value is -0.800. The standard InChI is InChI=1S/C16H28N4O2.HI/c1-16(8-6-10-22-16)12-19-15(17-2)18-11-13(20(3)4)14-7-5-9-21-14;/h5,7,9,13H,6,8,10-12H2,1-4H3,(H2,17,18,19);1H. The Kier molecular flexibility index (Phi) is 8.35. The highest BCUT2D eigenvalue weighted by atomic mass is 127. The number of hydrogen-bond donors (Lipinski definition) is 2. The van der Waals surface area contributed by atoms with Gasteiger partial charge in [0, 0.05) is 26.7 Å². The molecule has 6 nitrogen and oxygen atoms in total. The van der Waals surface area contributed by atoms with Crippen molar-refractivity contribution >= 4 is 29.9 Å². The van der Waals surface area contributed by atoms with Crippen LogP contribution in [0.25, 0.3) is 0 Å². The van der Waals surface area contributed by atoms with Crippen LogP contribution in [0.1, 0.15) is 31.6 Å². The summed E-state index contributed by atoms with van der Waals surface area (Å²) in [6.45, 7) is 4.48. The summed E-state index contributed by atoms with van der Waals surface area (Å²) in [4.78, 5) is 6.41. The molecule has 0 radical (unpaired) electrons. The van der Waals surface area contributed by atoms with Crippen LogP contribution in [0.3, 0.4) is 0 Å². The Bertz CT molecular complexity index is 470. The van der Waals surface area contributed by atoms with E-state index in [1.165, 1.54) is 0 Å². The second kappa shape index (κ2) is 9.48. The minimum absolute atomic E-state index is 0. The van der Waals surface area contributed by atoms with E-state index in [0.29, 0.717) is 0 Å². The van der Waals surface area contributed by atoms with E-state index in [2.05, 4.69) is 27.4 Å². The second-order valence-corrected chi connectivity index (χ2v) is 6.20. The molecule has 1 fully saturated rings. The van der Waals surface area contributed by atoms with Crippen molar-refractivity contribution in [1.29, 1.82) is 0 Å². The van der Waals surface area contributed by atoms with Crippen LogP contribution >= 0.6 is 24.0 Å². The predicted octanol–water partition coefficient (Wildman–Crippen LogP) is 2.23. The molecule has 0 spiro atoms. The van der Waals surface area contributed by atoms with Crippen molar-refractivity contribution < 1.29 is 9.15 Å². The first-order valence-corrected chi connectivity index (χ1v) is 7.82. The highest BCUT2D eigenvalue weighted by Crippen LogP contribution is 2.23. The predicted molar refractivity (Wildman–Crippen MR) is 104 cm³/mol. The van der Waals surface area contributed by atoms with E-state index in [4.69, 9.17) is 9.15 Å². The summed E-state index contributed by atoms with van der Waals surface area (Å²) in [5.41, 5.74) is -0.0837. The van der Waals surface area contributed by atoms with Gasteiger partial charge < -0.3 is 19.8 Å². The van der Waals surface area contributed by atoms with Crippen molar-refractivity contribution in [2.24, 2.45) is 4.99 Å². The van der Waals surface area contributed by atoms with Crippen LogP contribution in [0, 0.1) is 0 Å². The average Bonchev–Trinajstić information content (AvgIpc) is 3.14. The monoisotopic (exact) mass is 436 g/mol. The molecular weight excluding hydrogens is 407 g/mol. The SMILES string of the molecule is CN=C(NCC(c1ccco1)N(C)C)NCC1(C)CCCO1.I. The molecule has 2 rings (SSSR count). The first kappa shape index (κ1) is 20.2. The summed E-state index contributed by atoms with van der Waals surface area (Å²) in [7, 11) is 5.86. The van der Waals surface area contributed by atoms with Gasteiger partial charge in [-0.3, -0.25) is 9.89 Å². The van der Waals surface area contributed by atoms with Gasteiger partial charge in [-0.15, -0.1) is 24.0 Å². The lowest BCUT2D eigenvalue weighted by molar-refractivity contribution is 0.0242. The number of halogens is 1. The first-order valence-electron chi connectivity index (χ1n) is 7.82. The number of furan rings is 1. The largest absolute Gasteiger partial charge is 0.468 e. The molecule has 2 N–H and O–H groups in total. The van der Waals surface area contributed by atoms with E-state index in [1.54, 1.807) is 13.3 Å². The number of nitrogens with zero attached hydrogens (tertiary/aromatic N) is 2. The van der Waals surface area contributed by atoms with E-state index >= 15 is 0 Å². The van der Waals surface area contributed by atoms with E-state index in [9.17, 15) is 0 Å². The molecule has 0 amide bonds. The zero-order valence-electron chi connectivity index (χ0n) is 14.5. The molecule has 1 saturated heterocycles. The topological polar surface area (TPSA) is 62.0 Å². The molecular formula is C16H29IN4O2. The van der Waals surface area contributed by atoms with Gasteiger partial charge in [0.2, 0.25) is 0 Å². The highest BCUT2D eigenvalue weighted by molar-refractivity contribution is 14.0. The molecule has 1 aliphatic rings. The number of guanidine groups is 1. The molecule has 7 heteroatoms. The Labute approximate surface area is 156 Å². The maximum atomic E-state index is 5.79. The van der Waals surface area contributed by atoms with E-state index in [1.807, 2.05) is 26.2 Å². The highest BCUT2D eigenvalue weighted by Gasteiger charge is 2.29. The Morgan fingerprint density at radius 1 is 1.43 bits per heavy atom. The van der Waals surface area contributed by atoms with E-state index < -0.39 is 0 Å². The zero-order chi connectivity index (χ0) is 16.0. The normalized spacial score (nSPS) is 22.7. The van der Waals surface area contributed by atoms with Gasteiger partial charge in [-0.2, -0.15) is 0 Å². The Morgan fingerprint density at radius 3 is 2.74 bits per heavy atom. The molecule has 0 aliphatic carbocycles. The van der Waals surface area contributed by atoms with Crippen molar-refractivity contribution in [3.63, 3.8) is 0 Å². The molecule has 23 heavy (non-hydrogen) atoms. The van der Waals surface area contributed by atoms with Gasteiger partial charge in [0.1, 0.15) is 5.76 Å². The Morgan fingerprint density at radius 2 is 2.22 bits per heavy atom. The molecule has 1 aromatic heterocycles. The third-order valence-electron chi connectivity index (χ3n) is 4.11. The number of likely N-dealkylation sites (N-methyl/N-ethyl adjacent to an activating group) is 1. The molecule has 1 aliphatic heterocycles. The van der Waals surface area contributed by atoms with Crippen LogP contribution in [-0.2, 0) is 4.74 Å². The molecule has 132 valence electrons. The van der Waals surface area contributed by atoms with Crippen molar-refractivity contribution in [2.45, 2.75) is 31.4 Å². The van der Waals surface area contributed by atoms with Gasteiger partial charge >= 0.3 is 0 Å². The minimum Gasteiger partial charge on any atom is -0.468 e. The van der Waals surface area contributed by atoms with Crippen LogP contribution in [0.5, 0.6) is 0 Å². The summed E-state index contributed by atoms with van der Waals surface area (Å²) < 4.78 is 11.3. The van der Waals surface area contributed by atoms with Gasteiger partial charge in [-0.05, 0) is 46.0 Å². The maximum Gasteiger partial charge on any atom is 0.191 e. The first-order chi connectivity index (χ1) is 10.5. The molecule has 1 aromatic rings. The van der Waals surface area contributed by atoms with Crippen molar-refractivity contribution in [2.75, 3.05) is 40.8 Å². The molecule has 0 saturated carbocycles. The van der Waals surface area contributed by atoms with Gasteiger partial charge in [0.05, 0.1) is 17.9 Å². The molecule has 2 atom stereocenters. The quantitative estimate of drug-likeness (QED) is 0.407. The average molecular weight is 436 g/mol. The fourth-order valence-corrected chi connectivity index (χ4v) is 2.68. The molecule has 0 aromatic carbocycles. The second-order valence-electron chi connectivity index (χ2n) is 6.20. The summed E-state index contributed by atoms with van der Waals surface area (Å²) in [5, 5.41) is 6.72. The van der Waals surface area contributed by atoms with Crippen LogP contribution in [0.2, 0.25) is 0 Å². The maximum absolute atomic E-state index is 5.79.